The number of anilines is 1. The molecule has 1 N–H and O–H groups in total. The summed E-state index contributed by atoms with van der Waals surface area (Å²) in [5.74, 6) is 1.46. The molecule has 0 saturated carbocycles. The second-order valence-electron chi connectivity index (χ2n) is 8.80. The van der Waals surface area contributed by atoms with E-state index in [2.05, 4.69) is 64.4 Å². The lowest BCUT2D eigenvalue weighted by atomic mass is 10.1. The molecule has 1 atom stereocenters. The van der Waals surface area contributed by atoms with Gasteiger partial charge in [-0.2, -0.15) is 4.98 Å². The Balaban J connectivity index is 0.000000225. The molecule has 3 aromatic carbocycles. The number of ketones is 1. The largest absolute Gasteiger partial charge is 0.369 e. The third-order valence-corrected chi connectivity index (χ3v) is 5.65. The SMILES string of the molecule is CC(=O)COCc1ccccc1.Cc1ccc2c(c1)ncn2-c1ccnc(N[C@@H](C)c2ccccc2)n1. The molecule has 7 heteroatoms. The average molecular weight is 494 g/mol. The molecule has 37 heavy (non-hydrogen) atoms. The maximum atomic E-state index is 10.5. The number of rotatable bonds is 8. The summed E-state index contributed by atoms with van der Waals surface area (Å²) >= 11 is 0. The smallest absolute Gasteiger partial charge is 0.225 e. The second-order valence-corrected chi connectivity index (χ2v) is 8.80. The highest BCUT2D eigenvalue weighted by Crippen LogP contribution is 2.20. The number of nitrogens with zero attached hydrogens (tertiary/aromatic N) is 4. The summed E-state index contributed by atoms with van der Waals surface area (Å²) in [6.07, 6.45) is 3.57. The molecule has 0 spiro atoms. The Kier molecular flexibility index (Phi) is 8.73. The van der Waals surface area contributed by atoms with Crippen LogP contribution in [0.3, 0.4) is 0 Å². The lowest BCUT2D eigenvalue weighted by molar-refractivity contribution is -0.121. The molecule has 7 nitrogen and oxygen atoms in total. The van der Waals surface area contributed by atoms with E-state index in [9.17, 15) is 4.79 Å². The van der Waals surface area contributed by atoms with Gasteiger partial charge in [0.1, 0.15) is 18.8 Å². The first-order chi connectivity index (χ1) is 18.0. The van der Waals surface area contributed by atoms with Gasteiger partial charge in [0.15, 0.2) is 5.78 Å². The second kappa shape index (κ2) is 12.6. The summed E-state index contributed by atoms with van der Waals surface area (Å²) in [7, 11) is 0. The molecule has 0 bridgehead atoms. The molecule has 0 aliphatic carbocycles. The monoisotopic (exact) mass is 493 g/mol. The van der Waals surface area contributed by atoms with Crippen LogP contribution >= 0.6 is 0 Å². The number of ether oxygens (including phenoxy) is 1. The quantitative estimate of drug-likeness (QED) is 0.282. The Morgan fingerprint density at radius 1 is 0.973 bits per heavy atom. The molecule has 0 aliphatic heterocycles. The maximum Gasteiger partial charge on any atom is 0.225 e. The highest BCUT2D eigenvalue weighted by atomic mass is 16.5. The number of aromatic nitrogens is 4. The normalized spacial score (nSPS) is 11.4. The van der Waals surface area contributed by atoms with E-state index in [1.54, 1.807) is 12.5 Å². The molecule has 0 unspecified atom stereocenters. The van der Waals surface area contributed by atoms with Crippen molar-refractivity contribution in [1.29, 1.82) is 0 Å². The molecule has 5 aromatic rings. The predicted molar refractivity (Wildman–Crippen MR) is 147 cm³/mol. The highest BCUT2D eigenvalue weighted by Gasteiger charge is 2.10. The lowest BCUT2D eigenvalue weighted by Gasteiger charge is -2.14. The van der Waals surface area contributed by atoms with Crippen LogP contribution in [0.4, 0.5) is 5.95 Å². The Bertz CT molecular complexity index is 1430. The van der Waals surface area contributed by atoms with Gasteiger partial charge < -0.3 is 10.1 Å². The number of imidazole rings is 1. The third kappa shape index (κ3) is 7.32. The predicted octanol–water partition coefficient (Wildman–Crippen LogP) is 6.09. The number of benzene rings is 3. The van der Waals surface area contributed by atoms with Crippen LogP contribution in [-0.4, -0.2) is 31.9 Å². The van der Waals surface area contributed by atoms with E-state index in [0.717, 1.165) is 22.4 Å². The van der Waals surface area contributed by atoms with Crippen LogP contribution in [0.15, 0.2) is 97.5 Å². The summed E-state index contributed by atoms with van der Waals surface area (Å²) in [6, 6.07) is 28.3. The fourth-order valence-corrected chi connectivity index (χ4v) is 3.76. The number of carbonyl (C=O) groups excluding carboxylic acids is 1. The van der Waals surface area contributed by atoms with E-state index < -0.39 is 0 Å². The van der Waals surface area contributed by atoms with Gasteiger partial charge in [0, 0.05) is 6.20 Å². The molecule has 188 valence electrons. The molecular formula is C30H31N5O2. The molecule has 0 radical (unpaired) electrons. The van der Waals surface area contributed by atoms with Crippen LogP contribution in [0.2, 0.25) is 0 Å². The van der Waals surface area contributed by atoms with Crippen LogP contribution < -0.4 is 5.32 Å². The molecule has 2 aromatic heterocycles. The van der Waals surface area contributed by atoms with E-state index in [-0.39, 0.29) is 18.4 Å². The Morgan fingerprint density at radius 3 is 2.43 bits per heavy atom. The number of hydrogen-bond acceptors (Lipinski definition) is 6. The van der Waals surface area contributed by atoms with Crippen molar-refractivity contribution in [1.82, 2.24) is 19.5 Å². The van der Waals surface area contributed by atoms with Gasteiger partial charge in [0.05, 0.1) is 23.7 Å². The van der Waals surface area contributed by atoms with E-state index >= 15 is 0 Å². The van der Waals surface area contributed by atoms with Gasteiger partial charge in [0.25, 0.3) is 0 Å². The van der Waals surface area contributed by atoms with Crippen molar-refractivity contribution >= 4 is 22.8 Å². The molecular weight excluding hydrogens is 462 g/mol. The van der Waals surface area contributed by atoms with Crippen LogP contribution in [0.5, 0.6) is 0 Å². The fraction of sp³-hybridized carbons (Fsp3) is 0.200. The first-order valence-electron chi connectivity index (χ1n) is 12.2. The summed E-state index contributed by atoms with van der Waals surface area (Å²) in [6.45, 7) is 6.40. The molecule has 2 heterocycles. The third-order valence-electron chi connectivity index (χ3n) is 5.65. The molecule has 5 rings (SSSR count). The topological polar surface area (TPSA) is 81.9 Å². The number of carbonyl (C=O) groups is 1. The van der Waals surface area contributed by atoms with Crippen LogP contribution in [-0.2, 0) is 16.1 Å². The minimum Gasteiger partial charge on any atom is -0.369 e. The van der Waals surface area contributed by atoms with Gasteiger partial charge >= 0.3 is 0 Å². The number of fused-ring (bicyclic) bond motifs is 1. The number of aryl methyl sites for hydroxylation is 1. The molecule has 0 amide bonds. The van der Waals surface area contributed by atoms with Crippen LogP contribution in [0, 0.1) is 6.92 Å². The lowest BCUT2D eigenvalue weighted by Crippen LogP contribution is -2.10. The Morgan fingerprint density at radius 2 is 1.70 bits per heavy atom. The summed E-state index contributed by atoms with van der Waals surface area (Å²) < 4.78 is 7.11. The first kappa shape index (κ1) is 25.7. The van der Waals surface area contributed by atoms with Crippen molar-refractivity contribution in [2.75, 3.05) is 11.9 Å². The summed E-state index contributed by atoms with van der Waals surface area (Å²) in [5.41, 5.74) is 5.48. The first-order valence-corrected chi connectivity index (χ1v) is 12.2. The van der Waals surface area contributed by atoms with Crippen LogP contribution in [0.25, 0.3) is 16.9 Å². The van der Waals surface area contributed by atoms with E-state index in [1.165, 1.54) is 18.1 Å². The van der Waals surface area contributed by atoms with Gasteiger partial charge in [0.2, 0.25) is 5.95 Å². The standard InChI is InChI=1S/C20H19N5.C10H12O2/c1-14-8-9-18-17(12-14)22-13-25(18)19-10-11-21-20(24-19)23-15(2)16-6-4-3-5-7-16;1-9(11)7-12-8-10-5-3-2-4-6-10/h3-13,15H,1-2H3,(H,21,23,24);2-6H,7-8H2,1H3/t15-;/m0./s1. The average Bonchev–Trinajstić information content (AvgIpc) is 3.33. The minimum absolute atomic E-state index is 0.0610. The van der Waals surface area contributed by atoms with E-state index in [1.807, 2.05) is 59.2 Å². The zero-order chi connectivity index (χ0) is 26.0. The summed E-state index contributed by atoms with van der Waals surface area (Å²) in [5, 5.41) is 3.36. The number of hydrogen-bond donors (Lipinski definition) is 1. The van der Waals surface area contributed by atoms with Gasteiger partial charge in [-0.3, -0.25) is 9.36 Å². The van der Waals surface area contributed by atoms with Gasteiger partial charge in [-0.25, -0.2) is 9.97 Å². The van der Waals surface area contributed by atoms with E-state index in [4.69, 9.17) is 4.74 Å². The minimum atomic E-state index is 0.0610. The van der Waals surface area contributed by atoms with Gasteiger partial charge in [-0.15, -0.1) is 0 Å². The highest BCUT2D eigenvalue weighted by molar-refractivity contribution is 5.78. The van der Waals surface area contributed by atoms with Crippen molar-refractivity contribution in [2.24, 2.45) is 0 Å². The zero-order valence-corrected chi connectivity index (χ0v) is 21.3. The maximum absolute atomic E-state index is 10.5. The Labute approximate surface area is 217 Å². The van der Waals surface area contributed by atoms with Crippen molar-refractivity contribution in [2.45, 2.75) is 33.4 Å². The van der Waals surface area contributed by atoms with Gasteiger partial charge in [-0.1, -0.05) is 66.7 Å². The van der Waals surface area contributed by atoms with E-state index in [0.29, 0.717) is 12.6 Å². The van der Waals surface area contributed by atoms with Crippen molar-refractivity contribution < 1.29 is 9.53 Å². The molecule has 0 saturated heterocycles. The number of Topliss-reactive ketones (excluding diaryl/α,β-unsaturated/α-hetero) is 1. The molecule has 0 fully saturated rings. The fourth-order valence-electron chi connectivity index (χ4n) is 3.76. The van der Waals surface area contributed by atoms with Crippen molar-refractivity contribution in [3.05, 3.63) is 114 Å². The van der Waals surface area contributed by atoms with Crippen molar-refractivity contribution in [3.63, 3.8) is 0 Å². The van der Waals surface area contributed by atoms with Crippen molar-refractivity contribution in [3.8, 4) is 5.82 Å². The van der Waals surface area contributed by atoms with Gasteiger partial charge in [-0.05, 0) is 55.7 Å². The molecule has 0 aliphatic rings. The zero-order valence-electron chi connectivity index (χ0n) is 21.3. The summed E-state index contributed by atoms with van der Waals surface area (Å²) in [4.78, 5) is 24.0. The number of nitrogens with one attached hydrogen (secondary N) is 1. The Hall–Kier alpha value is -4.36. The van der Waals surface area contributed by atoms with Crippen LogP contribution in [0.1, 0.15) is 36.6 Å².